The summed E-state index contributed by atoms with van der Waals surface area (Å²) in [5.41, 5.74) is 0.980. The maximum absolute atomic E-state index is 12.4. The molecule has 0 aliphatic carbocycles. The number of urea groups is 1. The zero-order valence-electron chi connectivity index (χ0n) is 14.7. The number of nitrogens with one attached hydrogen (secondary N) is 2. The third-order valence-corrected chi connectivity index (χ3v) is 6.34. The molecule has 1 aliphatic heterocycles. The van der Waals surface area contributed by atoms with E-state index in [1.807, 2.05) is 17.7 Å². The van der Waals surface area contributed by atoms with Crippen molar-refractivity contribution in [2.24, 2.45) is 0 Å². The topological polar surface area (TPSA) is 96.3 Å². The van der Waals surface area contributed by atoms with E-state index >= 15 is 0 Å². The lowest BCUT2D eigenvalue weighted by Gasteiger charge is -2.17. The van der Waals surface area contributed by atoms with E-state index in [0.717, 1.165) is 12.1 Å². The highest BCUT2D eigenvalue weighted by Gasteiger charge is 2.34. The highest BCUT2D eigenvalue weighted by molar-refractivity contribution is 7.90. The van der Waals surface area contributed by atoms with Crippen LogP contribution in [0.2, 0.25) is 0 Å². The largest absolute Gasteiger partial charge is 0.323 e. The highest BCUT2D eigenvalue weighted by atomic mass is 32.2. The number of amides is 2. The molecule has 0 radical (unpaired) electrons. The molecule has 2 unspecified atom stereocenters. The van der Waals surface area contributed by atoms with Crippen molar-refractivity contribution in [1.29, 1.82) is 0 Å². The van der Waals surface area contributed by atoms with Crippen LogP contribution in [0, 0.1) is 6.92 Å². The minimum absolute atomic E-state index is 0.201. The first-order valence-electron chi connectivity index (χ1n) is 8.39. The van der Waals surface area contributed by atoms with Gasteiger partial charge in [0.15, 0.2) is 5.82 Å². The second kappa shape index (κ2) is 7.52. The molecule has 9 heteroatoms. The van der Waals surface area contributed by atoms with Crippen molar-refractivity contribution in [3.05, 3.63) is 11.8 Å². The molecule has 0 saturated carbocycles. The van der Waals surface area contributed by atoms with Gasteiger partial charge in [0.2, 0.25) is 10.0 Å². The molecule has 1 saturated heterocycles. The first-order chi connectivity index (χ1) is 11.3. The summed E-state index contributed by atoms with van der Waals surface area (Å²) in [6.45, 7) is 8.83. The molecule has 2 atom stereocenters. The fraction of sp³-hybridized carbons (Fsp3) is 0.733. The quantitative estimate of drug-likeness (QED) is 0.810. The summed E-state index contributed by atoms with van der Waals surface area (Å²) in [7, 11) is -3.36. The van der Waals surface area contributed by atoms with E-state index in [-0.39, 0.29) is 18.6 Å². The van der Waals surface area contributed by atoms with E-state index in [0.29, 0.717) is 25.3 Å². The monoisotopic (exact) mass is 357 g/mol. The summed E-state index contributed by atoms with van der Waals surface area (Å²) in [5, 5.41) is 6.63. The summed E-state index contributed by atoms with van der Waals surface area (Å²) < 4.78 is 28.4. The van der Waals surface area contributed by atoms with Crippen molar-refractivity contribution in [2.45, 2.75) is 51.8 Å². The van der Waals surface area contributed by atoms with Crippen molar-refractivity contribution in [1.82, 2.24) is 19.4 Å². The molecule has 1 aliphatic rings. The van der Waals surface area contributed by atoms with Gasteiger partial charge in [-0.3, -0.25) is 10.00 Å². The van der Waals surface area contributed by atoms with Gasteiger partial charge in [-0.2, -0.15) is 5.10 Å². The molecular formula is C15H27N5O3S. The fourth-order valence-electron chi connectivity index (χ4n) is 2.84. The fourth-order valence-corrected chi connectivity index (χ4v) is 4.27. The summed E-state index contributed by atoms with van der Waals surface area (Å²) in [4.78, 5) is 13.9. The van der Waals surface area contributed by atoms with Gasteiger partial charge in [0.05, 0.1) is 5.25 Å². The molecule has 1 aromatic rings. The molecule has 24 heavy (non-hydrogen) atoms. The maximum Gasteiger partial charge on any atom is 0.323 e. The molecule has 0 bridgehead atoms. The Hall–Kier alpha value is -1.61. The molecule has 0 spiro atoms. The summed E-state index contributed by atoms with van der Waals surface area (Å²) in [6, 6.07) is 1.78. The number of rotatable bonds is 6. The minimum Gasteiger partial charge on any atom is -0.323 e. The van der Waals surface area contributed by atoms with Gasteiger partial charge < -0.3 is 4.90 Å². The Labute approximate surface area is 143 Å². The Morgan fingerprint density at radius 1 is 1.46 bits per heavy atom. The van der Waals surface area contributed by atoms with Crippen molar-refractivity contribution in [3.8, 4) is 0 Å². The van der Waals surface area contributed by atoms with Crippen LogP contribution < -0.4 is 10.0 Å². The van der Waals surface area contributed by atoms with Gasteiger partial charge in [-0.25, -0.2) is 17.9 Å². The van der Waals surface area contributed by atoms with Crippen molar-refractivity contribution < 1.29 is 13.2 Å². The molecule has 8 nitrogen and oxygen atoms in total. The van der Waals surface area contributed by atoms with E-state index in [1.165, 1.54) is 4.90 Å². The normalized spacial score (nSPS) is 19.5. The molecular weight excluding hydrogens is 330 g/mol. The first kappa shape index (κ1) is 18.7. The van der Waals surface area contributed by atoms with Crippen LogP contribution in [0.15, 0.2) is 6.07 Å². The third-order valence-electron chi connectivity index (χ3n) is 4.38. The van der Waals surface area contributed by atoms with Crippen LogP contribution in [0.4, 0.5) is 10.6 Å². The average Bonchev–Trinajstić information content (AvgIpc) is 3.14. The van der Waals surface area contributed by atoms with E-state index in [1.54, 1.807) is 6.92 Å². The molecule has 2 N–H and O–H groups in total. The minimum atomic E-state index is -3.36. The standard InChI is InChI=1S/C15H27N5O3S/c1-5-11(3)20-12(4)9-14(18-20)17-15(21)19-8-7-13(10-19)24(22,23)16-6-2/h9,11,13,16H,5-8,10H2,1-4H3,(H,17,18,21). The summed E-state index contributed by atoms with van der Waals surface area (Å²) >= 11 is 0. The van der Waals surface area contributed by atoms with Gasteiger partial charge in [0, 0.05) is 37.4 Å². The zero-order valence-corrected chi connectivity index (χ0v) is 15.6. The van der Waals surface area contributed by atoms with Crippen LogP contribution >= 0.6 is 0 Å². The van der Waals surface area contributed by atoms with E-state index in [4.69, 9.17) is 0 Å². The number of hydrogen-bond acceptors (Lipinski definition) is 4. The Balaban J connectivity index is 1.99. The molecule has 1 aromatic heterocycles. The van der Waals surface area contributed by atoms with Gasteiger partial charge in [-0.1, -0.05) is 13.8 Å². The number of nitrogens with zero attached hydrogens (tertiary/aromatic N) is 3. The van der Waals surface area contributed by atoms with E-state index < -0.39 is 15.3 Å². The van der Waals surface area contributed by atoms with Gasteiger partial charge in [-0.05, 0) is 26.7 Å². The number of aromatic nitrogens is 2. The number of aryl methyl sites for hydroxylation is 1. The number of anilines is 1. The second-order valence-electron chi connectivity index (χ2n) is 6.20. The average molecular weight is 357 g/mol. The number of carbonyl (C=O) groups is 1. The van der Waals surface area contributed by atoms with Crippen LogP contribution in [0.1, 0.15) is 45.3 Å². The third kappa shape index (κ3) is 4.07. The highest BCUT2D eigenvalue weighted by Crippen LogP contribution is 2.19. The van der Waals surface area contributed by atoms with E-state index in [9.17, 15) is 13.2 Å². The van der Waals surface area contributed by atoms with Crippen LogP contribution in [0.25, 0.3) is 0 Å². The number of hydrogen-bond donors (Lipinski definition) is 2. The van der Waals surface area contributed by atoms with Crippen molar-refractivity contribution >= 4 is 21.9 Å². The Bertz CT molecular complexity index is 685. The number of sulfonamides is 1. The molecule has 136 valence electrons. The molecule has 1 fully saturated rings. The molecule has 2 amide bonds. The molecule has 2 heterocycles. The van der Waals surface area contributed by atoms with Gasteiger partial charge in [-0.15, -0.1) is 0 Å². The predicted octanol–water partition coefficient (Wildman–Crippen LogP) is 1.71. The first-order valence-corrected chi connectivity index (χ1v) is 9.93. The smallest absolute Gasteiger partial charge is 0.323 e. The predicted molar refractivity (Wildman–Crippen MR) is 93.6 cm³/mol. The van der Waals surface area contributed by atoms with Crippen molar-refractivity contribution in [2.75, 3.05) is 25.0 Å². The Morgan fingerprint density at radius 3 is 2.79 bits per heavy atom. The lowest BCUT2D eigenvalue weighted by molar-refractivity contribution is 0.222. The van der Waals surface area contributed by atoms with Crippen LogP contribution in [0.5, 0.6) is 0 Å². The van der Waals surface area contributed by atoms with Gasteiger partial charge in [0.1, 0.15) is 0 Å². The number of likely N-dealkylation sites (tertiary alicyclic amines) is 1. The van der Waals surface area contributed by atoms with Crippen molar-refractivity contribution in [3.63, 3.8) is 0 Å². The Morgan fingerprint density at radius 2 is 2.17 bits per heavy atom. The maximum atomic E-state index is 12.4. The molecule has 2 rings (SSSR count). The Kier molecular flexibility index (Phi) is 5.87. The SMILES string of the molecule is CCNS(=O)(=O)C1CCN(C(=O)Nc2cc(C)n(C(C)CC)n2)C1. The summed E-state index contributed by atoms with van der Waals surface area (Å²) in [6.07, 6.45) is 1.40. The van der Waals surface area contributed by atoms with Gasteiger partial charge >= 0.3 is 6.03 Å². The lowest BCUT2D eigenvalue weighted by atomic mass is 10.2. The summed E-state index contributed by atoms with van der Waals surface area (Å²) in [5.74, 6) is 0.496. The number of carbonyl (C=O) groups excluding carboxylic acids is 1. The molecule has 0 aromatic carbocycles. The van der Waals surface area contributed by atoms with Crippen LogP contribution in [0.3, 0.4) is 0 Å². The zero-order chi connectivity index (χ0) is 17.9. The van der Waals surface area contributed by atoms with Crippen LogP contribution in [-0.4, -0.2) is 54.0 Å². The lowest BCUT2D eigenvalue weighted by Crippen LogP contribution is -2.39. The van der Waals surface area contributed by atoms with E-state index in [2.05, 4.69) is 29.0 Å². The second-order valence-corrected chi connectivity index (χ2v) is 8.25. The van der Waals surface area contributed by atoms with Gasteiger partial charge in [0.25, 0.3) is 0 Å². The van der Waals surface area contributed by atoms with Crippen LogP contribution in [-0.2, 0) is 10.0 Å².